The molecule has 20 heavy (non-hydrogen) atoms. The van der Waals surface area contributed by atoms with Crippen molar-refractivity contribution < 1.29 is 4.74 Å². The molecule has 3 rings (SSSR count). The number of hydrogen-bond acceptors (Lipinski definition) is 3. The zero-order chi connectivity index (χ0) is 13.8. The molecule has 0 aliphatic carbocycles. The van der Waals surface area contributed by atoms with Crippen molar-refractivity contribution in [2.45, 2.75) is 26.3 Å². The van der Waals surface area contributed by atoms with Gasteiger partial charge in [0.05, 0.1) is 13.2 Å². The van der Waals surface area contributed by atoms with Gasteiger partial charge in [-0.05, 0) is 36.9 Å². The molecule has 1 atom stereocenters. The van der Waals surface area contributed by atoms with E-state index < -0.39 is 0 Å². The molecule has 2 aliphatic rings. The maximum atomic E-state index is 5.47. The van der Waals surface area contributed by atoms with Gasteiger partial charge in [-0.25, -0.2) is 0 Å². The molecular weight excluding hydrogens is 248 g/mol. The van der Waals surface area contributed by atoms with Crippen LogP contribution in [-0.4, -0.2) is 44.3 Å². The van der Waals surface area contributed by atoms with E-state index in [1.807, 2.05) is 0 Å². The van der Waals surface area contributed by atoms with Crippen LogP contribution in [0.3, 0.4) is 0 Å². The maximum absolute atomic E-state index is 5.47. The Hall–Kier alpha value is -1.06. The van der Waals surface area contributed by atoms with Gasteiger partial charge in [0, 0.05) is 31.9 Å². The lowest BCUT2D eigenvalue weighted by atomic mass is 9.99. The highest BCUT2D eigenvalue weighted by Crippen LogP contribution is 2.25. The molecule has 1 aromatic carbocycles. The number of morpholine rings is 1. The van der Waals surface area contributed by atoms with E-state index in [9.17, 15) is 0 Å². The first-order chi connectivity index (χ1) is 9.83. The van der Waals surface area contributed by atoms with Gasteiger partial charge >= 0.3 is 0 Å². The van der Waals surface area contributed by atoms with Gasteiger partial charge in [-0.3, -0.25) is 4.90 Å². The summed E-state index contributed by atoms with van der Waals surface area (Å²) in [6.07, 6.45) is 2.74. The summed E-state index contributed by atoms with van der Waals surface area (Å²) in [5.41, 5.74) is 2.89. The van der Waals surface area contributed by atoms with E-state index in [4.69, 9.17) is 4.74 Å². The van der Waals surface area contributed by atoms with Crippen LogP contribution in [0.15, 0.2) is 24.3 Å². The molecule has 0 aromatic heterocycles. The Kier molecular flexibility index (Phi) is 4.58. The summed E-state index contributed by atoms with van der Waals surface area (Å²) < 4.78 is 5.47. The Bertz CT molecular complexity index is 429. The lowest BCUT2D eigenvalue weighted by Gasteiger charge is -2.34. The molecule has 0 bridgehead atoms. The van der Waals surface area contributed by atoms with Crippen molar-refractivity contribution in [3.05, 3.63) is 29.8 Å². The fourth-order valence-corrected chi connectivity index (χ4v) is 3.43. The predicted octanol–water partition coefficient (Wildman–Crippen LogP) is 2.76. The minimum Gasteiger partial charge on any atom is -0.378 e. The van der Waals surface area contributed by atoms with Gasteiger partial charge in [0.1, 0.15) is 0 Å². The van der Waals surface area contributed by atoms with E-state index in [1.54, 1.807) is 0 Å². The van der Waals surface area contributed by atoms with Gasteiger partial charge in [-0.1, -0.05) is 25.1 Å². The topological polar surface area (TPSA) is 15.7 Å². The molecule has 3 nitrogen and oxygen atoms in total. The normalized spacial score (nSPS) is 24.9. The smallest absolute Gasteiger partial charge is 0.0642 e. The van der Waals surface area contributed by atoms with Crippen molar-refractivity contribution in [2.75, 3.05) is 44.3 Å². The first kappa shape index (κ1) is 13.9. The summed E-state index contributed by atoms with van der Waals surface area (Å²) in [6, 6.07) is 8.90. The second-order valence-electron chi connectivity index (χ2n) is 6.21. The largest absolute Gasteiger partial charge is 0.378 e. The summed E-state index contributed by atoms with van der Waals surface area (Å²) in [6.45, 7) is 9.72. The zero-order valence-corrected chi connectivity index (χ0v) is 12.6. The number of ether oxygens (including phenoxy) is 1. The van der Waals surface area contributed by atoms with E-state index in [-0.39, 0.29) is 0 Å². The third kappa shape index (κ3) is 3.33. The molecule has 1 unspecified atom stereocenters. The highest BCUT2D eigenvalue weighted by atomic mass is 16.5. The zero-order valence-electron chi connectivity index (χ0n) is 12.6. The number of para-hydroxylation sites is 1. The lowest BCUT2D eigenvalue weighted by molar-refractivity contribution is 0.122. The third-order valence-corrected chi connectivity index (χ3v) is 4.48. The van der Waals surface area contributed by atoms with Gasteiger partial charge in [0.15, 0.2) is 0 Å². The number of rotatable bonds is 3. The summed E-state index contributed by atoms with van der Waals surface area (Å²) in [5.74, 6) is 0.847. The van der Waals surface area contributed by atoms with Crippen molar-refractivity contribution in [3.8, 4) is 0 Å². The Morgan fingerprint density at radius 2 is 1.95 bits per heavy atom. The van der Waals surface area contributed by atoms with Gasteiger partial charge in [-0.15, -0.1) is 0 Å². The van der Waals surface area contributed by atoms with Crippen LogP contribution >= 0.6 is 0 Å². The highest BCUT2D eigenvalue weighted by molar-refractivity contribution is 5.53. The molecule has 2 fully saturated rings. The third-order valence-electron chi connectivity index (χ3n) is 4.48. The fourth-order valence-electron chi connectivity index (χ4n) is 3.43. The van der Waals surface area contributed by atoms with Gasteiger partial charge in [0.25, 0.3) is 0 Å². The Morgan fingerprint density at radius 1 is 1.15 bits per heavy atom. The monoisotopic (exact) mass is 274 g/mol. The van der Waals surface area contributed by atoms with Crippen LogP contribution in [-0.2, 0) is 11.3 Å². The minimum absolute atomic E-state index is 0.847. The summed E-state index contributed by atoms with van der Waals surface area (Å²) in [7, 11) is 0. The van der Waals surface area contributed by atoms with Crippen molar-refractivity contribution in [3.63, 3.8) is 0 Å². The van der Waals surface area contributed by atoms with Crippen molar-refractivity contribution in [2.24, 2.45) is 5.92 Å². The van der Waals surface area contributed by atoms with E-state index in [2.05, 4.69) is 41.0 Å². The Morgan fingerprint density at radius 3 is 2.75 bits per heavy atom. The van der Waals surface area contributed by atoms with Gasteiger partial charge < -0.3 is 9.64 Å². The Balaban J connectivity index is 1.71. The van der Waals surface area contributed by atoms with E-state index >= 15 is 0 Å². The lowest BCUT2D eigenvalue weighted by Crippen LogP contribution is -2.38. The number of anilines is 1. The van der Waals surface area contributed by atoms with Gasteiger partial charge in [0.2, 0.25) is 0 Å². The van der Waals surface area contributed by atoms with E-state index in [0.717, 1.165) is 38.8 Å². The molecule has 2 heterocycles. The summed E-state index contributed by atoms with van der Waals surface area (Å²) >= 11 is 0. The highest BCUT2D eigenvalue weighted by Gasteiger charge is 2.19. The minimum atomic E-state index is 0.847. The van der Waals surface area contributed by atoms with Gasteiger partial charge in [-0.2, -0.15) is 0 Å². The maximum Gasteiger partial charge on any atom is 0.0642 e. The average molecular weight is 274 g/mol. The second kappa shape index (κ2) is 6.59. The van der Waals surface area contributed by atoms with Crippen LogP contribution in [0.1, 0.15) is 25.3 Å². The van der Waals surface area contributed by atoms with Crippen LogP contribution in [0.2, 0.25) is 0 Å². The molecule has 110 valence electrons. The SMILES string of the molecule is CC1CCCN(Cc2ccccc2N2CCOCC2)C1. The van der Waals surface area contributed by atoms with Crippen molar-refractivity contribution in [1.29, 1.82) is 0 Å². The predicted molar refractivity (Wildman–Crippen MR) is 83.1 cm³/mol. The van der Waals surface area contributed by atoms with Crippen LogP contribution in [0.5, 0.6) is 0 Å². The first-order valence-electron chi connectivity index (χ1n) is 7.96. The molecular formula is C17H26N2O. The first-order valence-corrected chi connectivity index (χ1v) is 7.96. The number of nitrogens with zero attached hydrogens (tertiary/aromatic N) is 2. The molecule has 0 radical (unpaired) electrons. The summed E-state index contributed by atoms with van der Waals surface area (Å²) in [5, 5.41) is 0. The second-order valence-corrected chi connectivity index (χ2v) is 6.21. The van der Waals surface area contributed by atoms with Crippen molar-refractivity contribution in [1.82, 2.24) is 4.90 Å². The van der Waals surface area contributed by atoms with Crippen LogP contribution in [0.25, 0.3) is 0 Å². The molecule has 2 aliphatic heterocycles. The molecule has 0 saturated carbocycles. The number of hydrogen-bond donors (Lipinski definition) is 0. The van der Waals surface area contributed by atoms with Crippen LogP contribution in [0.4, 0.5) is 5.69 Å². The molecule has 0 spiro atoms. The van der Waals surface area contributed by atoms with Crippen molar-refractivity contribution >= 4 is 5.69 Å². The Labute approximate surface area is 122 Å². The molecule has 2 saturated heterocycles. The summed E-state index contributed by atoms with van der Waals surface area (Å²) in [4.78, 5) is 5.10. The molecule has 0 amide bonds. The molecule has 0 N–H and O–H groups in total. The number of benzene rings is 1. The fraction of sp³-hybridized carbons (Fsp3) is 0.647. The molecule has 3 heteroatoms. The quantitative estimate of drug-likeness (QED) is 0.843. The number of likely N-dealkylation sites (tertiary alicyclic amines) is 1. The molecule has 1 aromatic rings. The van der Waals surface area contributed by atoms with Crippen LogP contribution in [0, 0.1) is 5.92 Å². The van der Waals surface area contributed by atoms with E-state index in [1.165, 1.54) is 37.2 Å². The standard InChI is InChI=1S/C17H26N2O/c1-15-5-4-8-18(13-15)14-16-6-2-3-7-17(16)19-9-11-20-12-10-19/h2-3,6-7,15H,4-5,8-14H2,1H3. The van der Waals surface area contributed by atoms with Crippen LogP contribution < -0.4 is 4.90 Å². The number of piperidine rings is 1. The van der Waals surface area contributed by atoms with E-state index in [0.29, 0.717) is 0 Å². The average Bonchev–Trinajstić information content (AvgIpc) is 2.49.